The molecule has 1 aromatic rings. The molecule has 0 aliphatic carbocycles. The van der Waals surface area contributed by atoms with Crippen molar-refractivity contribution in [3.63, 3.8) is 0 Å². The number of hydrogen-bond donors (Lipinski definition) is 1. The Balaban J connectivity index is 2.06. The molecule has 0 unspecified atom stereocenters. The number of ether oxygens (including phenoxy) is 2. The summed E-state index contributed by atoms with van der Waals surface area (Å²) in [5, 5.41) is 2.87. The quantitative estimate of drug-likeness (QED) is 0.867. The van der Waals surface area contributed by atoms with E-state index in [1.165, 1.54) is 52.0 Å². The summed E-state index contributed by atoms with van der Waals surface area (Å²) in [6, 6.07) is 2.59. The number of likely N-dealkylation sites (tertiary alicyclic amines) is 1. The van der Waals surface area contributed by atoms with E-state index in [4.69, 9.17) is 9.47 Å². The van der Waals surface area contributed by atoms with Crippen LogP contribution in [0.2, 0.25) is 0 Å². The van der Waals surface area contributed by atoms with Gasteiger partial charge in [0.1, 0.15) is 11.4 Å². The van der Waals surface area contributed by atoms with Crippen LogP contribution in [0.1, 0.15) is 43.0 Å². The molecule has 1 saturated heterocycles. The third kappa shape index (κ3) is 4.60. The number of rotatable bonds is 6. The number of benzene rings is 1. The Morgan fingerprint density at radius 1 is 1.21 bits per heavy atom. The lowest BCUT2D eigenvalue weighted by Gasteiger charge is -2.25. The van der Waals surface area contributed by atoms with Gasteiger partial charge in [0.25, 0.3) is 5.91 Å². The first kappa shape index (κ1) is 18.5. The molecule has 1 amide bonds. The van der Waals surface area contributed by atoms with E-state index in [1.54, 1.807) is 0 Å². The monoisotopic (exact) mass is 338 g/mol. The number of amides is 1. The third-order valence-corrected chi connectivity index (χ3v) is 4.33. The predicted molar refractivity (Wildman–Crippen MR) is 91.3 cm³/mol. The van der Waals surface area contributed by atoms with Crippen LogP contribution in [0, 0.1) is 5.82 Å². The van der Waals surface area contributed by atoms with E-state index in [0.29, 0.717) is 5.75 Å². The Kier molecular flexibility index (Phi) is 6.85. The zero-order valence-electron chi connectivity index (χ0n) is 14.7. The van der Waals surface area contributed by atoms with Crippen molar-refractivity contribution >= 4 is 5.91 Å². The van der Waals surface area contributed by atoms with Crippen LogP contribution in [-0.4, -0.2) is 50.7 Å². The molecule has 1 aliphatic heterocycles. The van der Waals surface area contributed by atoms with Crippen LogP contribution in [0.4, 0.5) is 4.39 Å². The second-order valence-corrected chi connectivity index (χ2v) is 6.25. The molecule has 1 fully saturated rings. The van der Waals surface area contributed by atoms with E-state index in [-0.39, 0.29) is 17.4 Å². The van der Waals surface area contributed by atoms with Crippen molar-refractivity contribution in [3.05, 3.63) is 23.5 Å². The molecule has 6 heteroatoms. The highest BCUT2D eigenvalue weighted by Crippen LogP contribution is 2.32. The minimum atomic E-state index is -0.618. The molecule has 1 atom stereocenters. The lowest BCUT2D eigenvalue weighted by molar-refractivity contribution is 0.0921. The number of hydrogen-bond acceptors (Lipinski definition) is 4. The average Bonchev–Trinajstić information content (AvgIpc) is 2.82. The fourth-order valence-electron chi connectivity index (χ4n) is 3.16. The summed E-state index contributed by atoms with van der Waals surface area (Å²) in [7, 11) is 2.86. The van der Waals surface area contributed by atoms with Gasteiger partial charge in [-0.1, -0.05) is 12.8 Å². The van der Waals surface area contributed by atoms with Gasteiger partial charge >= 0.3 is 0 Å². The Morgan fingerprint density at radius 2 is 1.88 bits per heavy atom. The number of carbonyl (C=O) groups is 1. The Hall–Kier alpha value is -1.82. The lowest BCUT2D eigenvalue weighted by atomic mass is 10.1. The van der Waals surface area contributed by atoms with E-state index in [9.17, 15) is 9.18 Å². The molecule has 2 rings (SSSR count). The number of carbonyl (C=O) groups excluding carboxylic acids is 1. The molecule has 1 aliphatic rings. The summed E-state index contributed by atoms with van der Waals surface area (Å²) in [6.07, 6.45) is 4.92. The van der Waals surface area contributed by atoms with E-state index in [1.807, 2.05) is 6.92 Å². The molecule has 0 bridgehead atoms. The predicted octanol–water partition coefficient (Wildman–Crippen LogP) is 2.84. The van der Waals surface area contributed by atoms with E-state index < -0.39 is 11.7 Å². The Bertz CT molecular complexity index is 557. The smallest absolute Gasteiger partial charge is 0.258 e. The highest BCUT2D eigenvalue weighted by molar-refractivity contribution is 5.98. The maximum absolute atomic E-state index is 14.2. The van der Waals surface area contributed by atoms with Crippen molar-refractivity contribution in [1.82, 2.24) is 10.2 Å². The van der Waals surface area contributed by atoms with Crippen molar-refractivity contribution in [2.45, 2.75) is 38.6 Å². The van der Waals surface area contributed by atoms with Gasteiger partial charge in [0.2, 0.25) is 0 Å². The first-order chi connectivity index (χ1) is 11.6. The Morgan fingerprint density at radius 3 is 2.46 bits per heavy atom. The summed E-state index contributed by atoms with van der Waals surface area (Å²) in [5.41, 5.74) is -0.112. The zero-order chi connectivity index (χ0) is 17.5. The molecule has 1 heterocycles. The summed E-state index contributed by atoms with van der Waals surface area (Å²) in [6.45, 7) is 4.81. The molecule has 0 spiro atoms. The van der Waals surface area contributed by atoms with Crippen LogP contribution >= 0.6 is 0 Å². The molecular formula is C18H27FN2O3. The van der Waals surface area contributed by atoms with Gasteiger partial charge in [-0.2, -0.15) is 0 Å². The fourth-order valence-corrected chi connectivity index (χ4v) is 3.16. The topological polar surface area (TPSA) is 50.8 Å². The summed E-state index contributed by atoms with van der Waals surface area (Å²) < 4.78 is 24.5. The number of methoxy groups -OCH3 is 2. The second kappa shape index (κ2) is 8.87. The Labute approximate surface area is 143 Å². The van der Waals surface area contributed by atoms with Crippen LogP contribution in [-0.2, 0) is 0 Å². The highest BCUT2D eigenvalue weighted by atomic mass is 19.1. The summed E-state index contributed by atoms with van der Waals surface area (Å²) in [5.74, 6) is -0.640. The molecular weight excluding hydrogens is 311 g/mol. The average molecular weight is 338 g/mol. The van der Waals surface area contributed by atoms with Crippen LogP contribution in [0.3, 0.4) is 0 Å². The van der Waals surface area contributed by atoms with Gasteiger partial charge < -0.3 is 19.7 Å². The lowest BCUT2D eigenvalue weighted by Crippen LogP contribution is -2.42. The van der Waals surface area contributed by atoms with Gasteiger partial charge in [0, 0.05) is 12.6 Å². The van der Waals surface area contributed by atoms with E-state index in [0.717, 1.165) is 19.6 Å². The van der Waals surface area contributed by atoms with Crippen LogP contribution in [0.15, 0.2) is 12.1 Å². The fraction of sp³-hybridized carbons (Fsp3) is 0.611. The summed E-state index contributed by atoms with van der Waals surface area (Å²) in [4.78, 5) is 14.9. The zero-order valence-corrected chi connectivity index (χ0v) is 14.7. The van der Waals surface area contributed by atoms with Crippen molar-refractivity contribution in [2.24, 2.45) is 0 Å². The van der Waals surface area contributed by atoms with Gasteiger partial charge in [-0.25, -0.2) is 4.39 Å². The molecule has 134 valence electrons. The van der Waals surface area contributed by atoms with Crippen LogP contribution in [0.25, 0.3) is 0 Å². The molecule has 5 nitrogen and oxygen atoms in total. The maximum Gasteiger partial charge on any atom is 0.258 e. The van der Waals surface area contributed by atoms with Gasteiger partial charge in [-0.3, -0.25) is 4.79 Å². The van der Waals surface area contributed by atoms with Crippen molar-refractivity contribution in [2.75, 3.05) is 33.9 Å². The SMILES string of the molecule is COc1ccc(F)c(C(=O)N[C@@H](C)CN2CCCCCC2)c1OC. The minimum Gasteiger partial charge on any atom is -0.493 e. The molecule has 24 heavy (non-hydrogen) atoms. The number of nitrogens with zero attached hydrogens (tertiary/aromatic N) is 1. The molecule has 0 aromatic heterocycles. The standard InChI is InChI=1S/C18H27FN2O3/c1-13(12-21-10-6-4-5-7-11-21)20-18(22)16-14(19)8-9-15(23-2)17(16)24-3/h8-9,13H,4-7,10-12H2,1-3H3,(H,20,22)/t13-/m0/s1. The van der Waals surface area contributed by atoms with Crippen molar-refractivity contribution in [1.29, 1.82) is 0 Å². The summed E-state index contributed by atoms with van der Waals surface area (Å²) >= 11 is 0. The molecule has 1 aromatic carbocycles. The number of nitrogens with one attached hydrogen (secondary N) is 1. The highest BCUT2D eigenvalue weighted by Gasteiger charge is 2.23. The van der Waals surface area contributed by atoms with Crippen LogP contribution in [0.5, 0.6) is 11.5 Å². The normalized spacial score (nSPS) is 17.0. The van der Waals surface area contributed by atoms with Crippen molar-refractivity contribution in [3.8, 4) is 11.5 Å². The van der Waals surface area contributed by atoms with Crippen molar-refractivity contribution < 1.29 is 18.7 Å². The van der Waals surface area contributed by atoms with E-state index in [2.05, 4.69) is 10.2 Å². The van der Waals surface area contributed by atoms with Gasteiger partial charge in [-0.15, -0.1) is 0 Å². The van der Waals surface area contributed by atoms with Gasteiger partial charge in [-0.05, 0) is 45.0 Å². The molecule has 0 saturated carbocycles. The van der Waals surface area contributed by atoms with Crippen LogP contribution < -0.4 is 14.8 Å². The maximum atomic E-state index is 14.2. The largest absolute Gasteiger partial charge is 0.493 e. The first-order valence-electron chi connectivity index (χ1n) is 8.50. The second-order valence-electron chi connectivity index (χ2n) is 6.25. The molecule has 0 radical (unpaired) electrons. The third-order valence-electron chi connectivity index (χ3n) is 4.33. The van der Waals surface area contributed by atoms with E-state index >= 15 is 0 Å². The van der Waals surface area contributed by atoms with Gasteiger partial charge in [0.15, 0.2) is 11.5 Å². The van der Waals surface area contributed by atoms with Gasteiger partial charge in [0.05, 0.1) is 14.2 Å². The number of halogens is 1. The minimum absolute atomic E-state index is 0.0779. The first-order valence-corrected chi connectivity index (χ1v) is 8.50. The molecule has 1 N–H and O–H groups in total.